The number of fused-ring (bicyclic) bond motifs is 3. The predicted octanol–water partition coefficient (Wildman–Crippen LogP) is 6.44. The molecule has 3 heteroatoms. The molecule has 1 N–H and O–H groups in total. The van der Waals surface area contributed by atoms with Crippen molar-refractivity contribution in [1.82, 2.24) is 4.98 Å². The van der Waals surface area contributed by atoms with Crippen molar-refractivity contribution in [3.05, 3.63) is 29.5 Å². The van der Waals surface area contributed by atoms with Crippen molar-refractivity contribution >= 4 is 16.6 Å². The van der Waals surface area contributed by atoms with Crippen molar-refractivity contribution in [2.45, 2.75) is 77.6 Å². The van der Waals surface area contributed by atoms with E-state index < -0.39 is 0 Å². The molecule has 0 fully saturated rings. The minimum atomic E-state index is 0.921. The number of rotatable bonds is 11. The summed E-state index contributed by atoms with van der Waals surface area (Å²) >= 11 is 0. The quantitative estimate of drug-likeness (QED) is 0.463. The summed E-state index contributed by atoms with van der Waals surface area (Å²) in [4.78, 5) is 8.44. The Labute approximate surface area is 158 Å². The van der Waals surface area contributed by atoms with Gasteiger partial charge in [0.05, 0.1) is 18.5 Å². The number of H-pyrrole nitrogens is 1. The van der Waals surface area contributed by atoms with Crippen molar-refractivity contribution in [3.63, 3.8) is 0 Å². The molecule has 3 nitrogen and oxygen atoms in total. The Morgan fingerprint density at radius 2 is 1.73 bits per heavy atom. The molecule has 0 aliphatic carbocycles. The van der Waals surface area contributed by atoms with Gasteiger partial charge in [0.15, 0.2) is 0 Å². The normalized spacial score (nSPS) is 13.7. The van der Waals surface area contributed by atoms with E-state index in [4.69, 9.17) is 9.73 Å². The van der Waals surface area contributed by atoms with Crippen LogP contribution in [0.25, 0.3) is 10.9 Å². The van der Waals surface area contributed by atoms with E-state index in [0.717, 1.165) is 25.1 Å². The SMILES string of the molecule is CCCCCCCCCCCC1=NCCc2c1[nH]c1ccc(OC)cc21. The lowest BCUT2D eigenvalue weighted by atomic mass is 9.98. The van der Waals surface area contributed by atoms with Gasteiger partial charge >= 0.3 is 0 Å². The van der Waals surface area contributed by atoms with E-state index in [0.29, 0.717) is 0 Å². The highest BCUT2D eigenvalue weighted by Crippen LogP contribution is 2.30. The largest absolute Gasteiger partial charge is 0.497 e. The molecule has 1 aromatic carbocycles. The Kier molecular flexibility index (Phi) is 7.16. The maximum absolute atomic E-state index is 5.40. The van der Waals surface area contributed by atoms with Crippen LogP contribution in [-0.2, 0) is 6.42 Å². The Balaban J connectivity index is 1.49. The first-order valence-electron chi connectivity index (χ1n) is 10.6. The van der Waals surface area contributed by atoms with Crippen molar-refractivity contribution in [2.75, 3.05) is 13.7 Å². The minimum absolute atomic E-state index is 0.921. The van der Waals surface area contributed by atoms with Crippen molar-refractivity contribution in [3.8, 4) is 5.75 Å². The third-order valence-electron chi connectivity index (χ3n) is 5.58. The summed E-state index contributed by atoms with van der Waals surface area (Å²) in [5.41, 5.74) is 5.20. The molecular weight excluding hydrogens is 320 g/mol. The third kappa shape index (κ3) is 4.69. The number of unbranched alkanes of at least 4 members (excludes halogenated alkanes) is 8. The lowest BCUT2D eigenvalue weighted by Gasteiger charge is -2.13. The van der Waals surface area contributed by atoms with Gasteiger partial charge in [0.1, 0.15) is 5.75 Å². The van der Waals surface area contributed by atoms with Crippen molar-refractivity contribution < 1.29 is 4.74 Å². The van der Waals surface area contributed by atoms with Crippen LogP contribution >= 0.6 is 0 Å². The average Bonchev–Trinajstić information content (AvgIpc) is 3.05. The summed E-state index contributed by atoms with van der Waals surface area (Å²) in [6.07, 6.45) is 14.5. The fourth-order valence-electron chi connectivity index (χ4n) is 4.05. The number of ether oxygens (including phenoxy) is 1. The van der Waals surface area contributed by atoms with Crippen LogP contribution in [0.4, 0.5) is 0 Å². The number of methoxy groups -OCH3 is 1. The van der Waals surface area contributed by atoms with Gasteiger partial charge in [0.25, 0.3) is 0 Å². The molecule has 0 saturated carbocycles. The average molecular weight is 355 g/mol. The lowest BCUT2D eigenvalue weighted by Crippen LogP contribution is -2.12. The van der Waals surface area contributed by atoms with Crippen LogP contribution in [0.15, 0.2) is 23.2 Å². The second-order valence-corrected chi connectivity index (χ2v) is 7.55. The molecular formula is C23H34N2O. The van der Waals surface area contributed by atoms with E-state index in [-0.39, 0.29) is 0 Å². The van der Waals surface area contributed by atoms with Gasteiger partial charge in [-0.1, -0.05) is 58.3 Å². The van der Waals surface area contributed by atoms with E-state index in [9.17, 15) is 0 Å². The molecule has 0 bridgehead atoms. The molecule has 1 aliphatic heterocycles. The van der Waals surface area contributed by atoms with Gasteiger partial charge in [-0.25, -0.2) is 0 Å². The van der Waals surface area contributed by atoms with Crippen molar-refractivity contribution in [1.29, 1.82) is 0 Å². The first-order chi connectivity index (χ1) is 12.8. The highest BCUT2D eigenvalue weighted by Gasteiger charge is 2.19. The molecule has 2 heterocycles. The van der Waals surface area contributed by atoms with Gasteiger partial charge in [-0.15, -0.1) is 0 Å². The highest BCUT2D eigenvalue weighted by molar-refractivity contribution is 6.06. The maximum Gasteiger partial charge on any atom is 0.119 e. The first-order valence-corrected chi connectivity index (χ1v) is 10.6. The number of nitrogens with zero attached hydrogens (tertiary/aromatic N) is 1. The number of aliphatic imine (C=N–C) groups is 1. The summed E-state index contributed by atoms with van der Waals surface area (Å²) in [6, 6.07) is 6.32. The predicted molar refractivity (Wildman–Crippen MR) is 112 cm³/mol. The van der Waals surface area contributed by atoms with E-state index in [2.05, 4.69) is 24.0 Å². The molecule has 142 valence electrons. The Hall–Kier alpha value is -1.77. The summed E-state index contributed by atoms with van der Waals surface area (Å²) in [6.45, 7) is 3.20. The fraction of sp³-hybridized carbons (Fsp3) is 0.609. The summed E-state index contributed by atoms with van der Waals surface area (Å²) in [5, 5.41) is 1.30. The second kappa shape index (κ2) is 9.80. The van der Waals surface area contributed by atoms with E-state index in [1.165, 1.54) is 85.7 Å². The molecule has 2 aromatic rings. The van der Waals surface area contributed by atoms with Crippen LogP contribution in [0.2, 0.25) is 0 Å². The third-order valence-corrected chi connectivity index (χ3v) is 5.58. The van der Waals surface area contributed by atoms with Gasteiger partial charge in [0.2, 0.25) is 0 Å². The number of nitrogens with one attached hydrogen (secondary N) is 1. The van der Waals surface area contributed by atoms with Gasteiger partial charge in [0, 0.05) is 17.4 Å². The molecule has 0 saturated heterocycles. The van der Waals surface area contributed by atoms with Crippen LogP contribution < -0.4 is 4.74 Å². The van der Waals surface area contributed by atoms with Crippen LogP contribution in [0.5, 0.6) is 5.75 Å². The van der Waals surface area contributed by atoms with Gasteiger partial charge in [-0.2, -0.15) is 0 Å². The summed E-state index contributed by atoms with van der Waals surface area (Å²) < 4.78 is 5.40. The lowest BCUT2D eigenvalue weighted by molar-refractivity contribution is 0.415. The van der Waals surface area contributed by atoms with Gasteiger partial charge < -0.3 is 9.72 Å². The van der Waals surface area contributed by atoms with E-state index in [1.807, 2.05) is 6.07 Å². The van der Waals surface area contributed by atoms with Crippen molar-refractivity contribution in [2.24, 2.45) is 4.99 Å². The Morgan fingerprint density at radius 1 is 1.00 bits per heavy atom. The Morgan fingerprint density at radius 3 is 2.46 bits per heavy atom. The second-order valence-electron chi connectivity index (χ2n) is 7.55. The number of aromatic amines is 1. The Bertz CT molecular complexity index is 729. The molecule has 0 spiro atoms. The highest BCUT2D eigenvalue weighted by atomic mass is 16.5. The molecule has 0 amide bonds. The van der Waals surface area contributed by atoms with Crippen LogP contribution in [-0.4, -0.2) is 24.4 Å². The molecule has 0 unspecified atom stereocenters. The smallest absolute Gasteiger partial charge is 0.119 e. The molecule has 1 aromatic heterocycles. The van der Waals surface area contributed by atoms with Crippen LogP contribution in [0, 0.1) is 0 Å². The standard InChI is InChI=1S/C23H34N2O/c1-3-4-5-6-7-8-9-10-11-12-22-23-19(15-16-24-22)20-17-18(26-2)13-14-21(20)25-23/h13-14,17,25H,3-12,15-16H2,1-2H3. The molecule has 26 heavy (non-hydrogen) atoms. The molecule has 1 aliphatic rings. The maximum atomic E-state index is 5.40. The van der Waals surface area contributed by atoms with Crippen LogP contribution in [0.1, 0.15) is 82.4 Å². The zero-order valence-electron chi connectivity index (χ0n) is 16.6. The number of benzene rings is 1. The molecule has 0 radical (unpaired) electrons. The first kappa shape index (κ1) is 19.0. The zero-order valence-corrected chi connectivity index (χ0v) is 16.6. The number of hydrogen-bond acceptors (Lipinski definition) is 2. The minimum Gasteiger partial charge on any atom is -0.497 e. The van der Waals surface area contributed by atoms with E-state index >= 15 is 0 Å². The number of aromatic nitrogens is 1. The molecule has 3 rings (SSSR count). The molecule has 0 atom stereocenters. The number of hydrogen-bond donors (Lipinski definition) is 1. The van der Waals surface area contributed by atoms with Gasteiger partial charge in [-0.05, 0) is 43.0 Å². The fourth-order valence-corrected chi connectivity index (χ4v) is 4.05. The van der Waals surface area contributed by atoms with E-state index in [1.54, 1.807) is 7.11 Å². The topological polar surface area (TPSA) is 37.4 Å². The zero-order chi connectivity index (χ0) is 18.2. The summed E-state index contributed by atoms with van der Waals surface area (Å²) in [7, 11) is 1.73. The summed E-state index contributed by atoms with van der Waals surface area (Å²) in [5.74, 6) is 0.933. The monoisotopic (exact) mass is 354 g/mol. The van der Waals surface area contributed by atoms with Gasteiger partial charge in [-0.3, -0.25) is 4.99 Å². The van der Waals surface area contributed by atoms with Crippen LogP contribution in [0.3, 0.4) is 0 Å².